The molecule has 0 radical (unpaired) electrons. The van der Waals surface area contributed by atoms with Crippen LogP contribution in [0, 0.1) is 0 Å². The summed E-state index contributed by atoms with van der Waals surface area (Å²) in [5.74, 6) is 1.69. The van der Waals surface area contributed by atoms with E-state index in [0.29, 0.717) is 13.2 Å². The molecule has 2 aromatic heterocycles. The Hall–Kier alpha value is -2.33. The zero-order valence-corrected chi connectivity index (χ0v) is 11.3. The molecule has 0 aliphatic heterocycles. The van der Waals surface area contributed by atoms with Gasteiger partial charge in [-0.05, 0) is 25.2 Å². The second-order valence-corrected chi connectivity index (χ2v) is 4.52. The maximum atomic E-state index is 5.90. The number of hydrogen-bond donors (Lipinski definition) is 1. The highest BCUT2D eigenvalue weighted by molar-refractivity contribution is 5.84. The number of aromatic nitrogens is 1. The van der Waals surface area contributed by atoms with Gasteiger partial charge >= 0.3 is 0 Å². The third-order valence-electron chi connectivity index (χ3n) is 3.15. The monoisotopic (exact) mass is 268 g/mol. The summed E-state index contributed by atoms with van der Waals surface area (Å²) >= 11 is 0. The van der Waals surface area contributed by atoms with Crippen LogP contribution in [-0.2, 0) is 13.2 Å². The third-order valence-corrected chi connectivity index (χ3v) is 3.15. The first-order chi connectivity index (χ1) is 9.88. The molecular formula is C16H16N2O2. The fourth-order valence-electron chi connectivity index (χ4n) is 2.16. The van der Waals surface area contributed by atoms with Gasteiger partial charge in [-0.2, -0.15) is 0 Å². The first kappa shape index (κ1) is 12.7. The number of ether oxygens (including phenoxy) is 1. The molecule has 20 heavy (non-hydrogen) atoms. The number of para-hydroxylation sites is 1. The molecule has 0 fully saturated rings. The summed E-state index contributed by atoms with van der Waals surface area (Å²) < 4.78 is 11.3. The van der Waals surface area contributed by atoms with Crippen LogP contribution in [-0.4, -0.2) is 12.0 Å². The molecule has 1 N–H and O–H groups in total. The summed E-state index contributed by atoms with van der Waals surface area (Å²) in [7, 11) is 1.89. The van der Waals surface area contributed by atoms with Crippen molar-refractivity contribution >= 4 is 10.9 Å². The normalized spacial score (nSPS) is 10.8. The molecule has 3 rings (SSSR count). The van der Waals surface area contributed by atoms with Crippen LogP contribution in [0.4, 0.5) is 0 Å². The van der Waals surface area contributed by atoms with Gasteiger partial charge in [-0.3, -0.25) is 4.98 Å². The predicted molar refractivity (Wildman–Crippen MR) is 77.5 cm³/mol. The van der Waals surface area contributed by atoms with Crippen molar-refractivity contribution in [3.63, 3.8) is 0 Å². The molecule has 3 aromatic rings. The molecule has 4 heteroatoms. The molecule has 0 aliphatic carbocycles. The Balaban J connectivity index is 1.81. The third kappa shape index (κ3) is 2.51. The molecule has 0 bridgehead atoms. The molecule has 0 spiro atoms. The van der Waals surface area contributed by atoms with Crippen molar-refractivity contribution in [2.45, 2.75) is 13.2 Å². The molecule has 0 saturated carbocycles. The Morgan fingerprint density at radius 2 is 2.10 bits per heavy atom. The Kier molecular flexibility index (Phi) is 3.65. The Labute approximate surface area is 117 Å². The minimum Gasteiger partial charge on any atom is -0.486 e. The SMILES string of the molecule is CNCc1occc1COc1cccc2cccnc12. The van der Waals surface area contributed by atoms with Crippen LogP contribution in [0.5, 0.6) is 5.75 Å². The topological polar surface area (TPSA) is 47.3 Å². The highest BCUT2D eigenvalue weighted by atomic mass is 16.5. The van der Waals surface area contributed by atoms with Crippen LogP contribution in [0.15, 0.2) is 53.3 Å². The van der Waals surface area contributed by atoms with Gasteiger partial charge in [-0.15, -0.1) is 0 Å². The maximum Gasteiger partial charge on any atom is 0.146 e. The van der Waals surface area contributed by atoms with Crippen molar-refractivity contribution in [2.75, 3.05) is 7.05 Å². The van der Waals surface area contributed by atoms with E-state index in [0.717, 1.165) is 28.0 Å². The molecule has 0 saturated heterocycles. The number of pyridine rings is 1. The van der Waals surface area contributed by atoms with Crippen LogP contribution >= 0.6 is 0 Å². The summed E-state index contributed by atoms with van der Waals surface area (Å²) in [5.41, 5.74) is 1.93. The summed E-state index contributed by atoms with van der Waals surface area (Å²) in [4.78, 5) is 4.38. The minimum atomic E-state index is 0.475. The van der Waals surface area contributed by atoms with Gasteiger partial charge in [0.25, 0.3) is 0 Å². The molecule has 0 amide bonds. The molecule has 2 heterocycles. The van der Waals surface area contributed by atoms with Gasteiger partial charge in [0.15, 0.2) is 0 Å². The lowest BCUT2D eigenvalue weighted by atomic mass is 10.2. The second kappa shape index (κ2) is 5.75. The highest BCUT2D eigenvalue weighted by Crippen LogP contribution is 2.24. The molecule has 1 aromatic carbocycles. The van der Waals surface area contributed by atoms with Crippen molar-refractivity contribution < 1.29 is 9.15 Å². The van der Waals surface area contributed by atoms with E-state index in [-0.39, 0.29) is 0 Å². The fourth-order valence-corrected chi connectivity index (χ4v) is 2.16. The number of fused-ring (bicyclic) bond motifs is 1. The summed E-state index contributed by atoms with van der Waals surface area (Å²) in [5, 5.41) is 4.15. The van der Waals surface area contributed by atoms with Crippen molar-refractivity contribution in [1.82, 2.24) is 10.3 Å². The zero-order valence-electron chi connectivity index (χ0n) is 11.3. The first-order valence-corrected chi connectivity index (χ1v) is 6.55. The van der Waals surface area contributed by atoms with E-state index in [1.165, 1.54) is 0 Å². The van der Waals surface area contributed by atoms with Crippen molar-refractivity contribution in [2.24, 2.45) is 0 Å². The largest absolute Gasteiger partial charge is 0.486 e. The Morgan fingerprint density at radius 3 is 3.00 bits per heavy atom. The van der Waals surface area contributed by atoms with Gasteiger partial charge in [-0.25, -0.2) is 0 Å². The summed E-state index contributed by atoms with van der Waals surface area (Å²) in [6, 6.07) is 11.8. The van der Waals surface area contributed by atoms with Crippen LogP contribution < -0.4 is 10.1 Å². The smallest absolute Gasteiger partial charge is 0.146 e. The molecular weight excluding hydrogens is 252 g/mol. The second-order valence-electron chi connectivity index (χ2n) is 4.52. The van der Waals surface area contributed by atoms with Crippen molar-refractivity contribution in [3.05, 3.63) is 60.2 Å². The zero-order chi connectivity index (χ0) is 13.8. The average Bonchev–Trinajstić information content (AvgIpc) is 2.93. The minimum absolute atomic E-state index is 0.475. The van der Waals surface area contributed by atoms with E-state index in [2.05, 4.69) is 10.3 Å². The van der Waals surface area contributed by atoms with Gasteiger partial charge in [0, 0.05) is 17.1 Å². The van der Waals surface area contributed by atoms with Gasteiger partial charge in [0.2, 0.25) is 0 Å². The van der Waals surface area contributed by atoms with Crippen molar-refractivity contribution in [3.8, 4) is 5.75 Å². The van der Waals surface area contributed by atoms with Crippen LogP contribution in [0.1, 0.15) is 11.3 Å². The van der Waals surface area contributed by atoms with Crippen molar-refractivity contribution in [1.29, 1.82) is 0 Å². The van der Waals surface area contributed by atoms with E-state index < -0.39 is 0 Å². The average molecular weight is 268 g/mol. The first-order valence-electron chi connectivity index (χ1n) is 6.55. The number of hydrogen-bond acceptors (Lipinski definition) is 4. The molecule has 4 nitrogen and oxygen atoms in total. The quantitative estimate of drug-likeness (QED) is 0.772. The van der Waals surface area contributed by atoms with Gasteiger partial charge < -0.3 is 14.5 Å². The molecule has 0 aliphatic rings. The van der Waals surface area contributed by atoms with E-state index in [1.54, 1.807) is 12.5 Å². The van der Waals surface area contributed by atoms with Gasteiger partial charge in [0.1, 0.15) is 23.6 Å². The number of furan rings is 1. The Morgan fingerprint density at radius 1 is 1.20 bits per heavy atom. The van der Waals surface area contributed by atoms with E-state index in [1.807, 2.05) is 43.4 Å². The number of nitrogens with zero attached hydrogens (tertiary/aromatic N) is 1. The number of benzene rings is 1. The molecule has 102 valence electrons. The lowest BCUT2D eigenvalue weighted by molar-refractivity contribution is 0.304. The summed E-state index contributed by atoms with van der Waals surface area (Å²) in [6.45, 7) is 1.17. The van der Waals surface area contributed by atoms with E-state index in [4.69, 9.17) is 9.15 Å². The van der Waals surface area contributed by atoms with Crippen LogP contribution in [0.25, 0.3) is 10.9 Å². The lowest BCUT2D eigenvalue weighted by Crippen LogP contribution is -2.07. The fraction of sp³-hybridized carbons (Fsp3) is 0.188. The summed E-state index contributed by atoms with van der Waals surface area (Å²) in [6.07, 6.45) is 3.46. The maximum absolute atomic E-state index is 5.90. The van der Waals surface area contributed by atoms with Gasteiger partial charge in [-0.1, -0.05) is 18.2 Å². The van der Waals surface area contributed by atoms with E-state index in [9.17, 15) is 0 Å². The standard InChI is InChI=1S/C16H16N2O2/c1-17-10-15-13(7-9-19-15)11-20-14-6-2-4-12-5-3-8-18-16(12)14/h2-9,17H,10-11H2,1H3. The number of nitrogens with one attached hydrogen (secondary N) is 1. The molecule has 0 atom stereocenters. The highest BCUT2D eigenvalue weighted by Gasteiger charge is 2.08. The number of rotatable bonds is 5. The van der Waals surface area contributed by atoms with Crippen LogP contribution in [0.3, 0.4) is 0 Å². The van der Waals surface area contributed by atoms with Gasteiger partial charge in [0.05, 0.1) is 12.8 Å². The lowest BCUT2D eigenvalue weighted by Gasteiger charge is -2.08. The Bertz CT molecular complexity index is 701. The molecule has 0 unspecified atom stereocenters. The van der Waals surface area contributed by atoms with Crippen LogP contribution in [0.2, 0.25) is 0 Å². The van der Waals surface area contributed by atoms with E-state index >= 15 is 0 Å². The predicted octanol–water partition coefficient (Wildman–Crippen LogP) is 3.13.